The molecular weight excluding hydrogens is 351 g/mol. The van der Waals surface area contributed by atoms with Crippen LogP contribution in [0.3, 0.4) is 0 Å². The van der Waals surface area contributed by atoms with Crippen molar-refractivity contribution in [3.8, 4) is 11.3 Å². The number of hydrogen-bond donors (Lipinski definition) is 2. The minimum absolute atomic E-state index is 0.0599. The lowest BCUT2D eigenvalue weighted by Gasteiger charge is -2.18. The molecule has 0 spiro atoms. The van der Waals surface area contributed by atoms with Gasteiger partial charge in [0.2, 0.25) is 0 Å². The number of nitrogens with zero attached hydrogens (tertiary/aromatic N) is 2. The van der Waals surface area contributed by atoms with Gasteiger partial charge in [0.1, 0.15) is 5.82 Å². The van der Waals surface area contributed by atoms with E-state index >= 15 is 0 Å². The highest BCUT2D eigenvalue weighted by Gasteiger charge is 2.24. The second kappa shape index (κ2) is 6.17. The summed E-state index contributed by atoms with van der Waals surface area (Å²) in [5, 5.41) is 8.64. The van der Waals surface area contributed by atoms with Crippen molar-refractivity contribution in [1.82, 2.24) is 4.98 Å². The number of pyridine rings is 1. The number of aromatic nitrogens is 1. The van der Waals surface area contributed by atoms with Crippen LogP contribution in [0.15, 0.2) is 12.1 Å². The highest BCUT2D eigenvalue weighted by Crippen LogP contribution is 2.38. The Morgan fingerprint density at radius 1 is 1.30 bits per heavy atom. The van der Waals surface area contributed by atoms with Crippen molar-refractivity contribution in [3.63, 3.8) is 0 Å². The summed E-state index contributed by atoms with van der Waals surface area (Å²) in [6.07, 6.45) is 0. The normalized spacial score (nSPS) is 10.7. The van der Waals surface area contributed by atoms with Crippen molar-refractivity contribution < 1.29 is 18.7 Å². The fourth-order valence-corrected chi connectivity index (χ4v) is 2.57. The Bertz CT molecular complexity index is 813. The molecule has 0 aliphatic carbocycles. The first-order valence-electron chi connectivity index (χ1n) is 6.19. The monoisotopic (exact) mass is 361 g/mol. The van der Waals surface area contributed by atoms with Gasteiger partial charge in [-0.05, 0) is 12.1 Å². The maximum atomic E-state index is 14.7. The number of nitrogen functional groups attached to an aromatic ring is 1. The minimum atomic E-state index is -1.47. The summed E-state index contributed by atoms with van der Waals surface area (Å²) in [5.74, 6) is -3.44. The largest absolute Gasteiger partial charge is 0.476 e. The van der Waals surface area contributed by atoms with E-state index < -0.39 is 28.9 Å². The summed E-state index contributed by atoms with van der Waals surface area (Å²) in [6, 6.07) is 2.02. The number of rotatable bonds is 3. The molecule has 2 rings (SSSR count). The van der Waals surface area contributed by atoms with Crippen molar-refractivity contribution in [2.24, 2.45) is 0 Å². The Morgan fingerprint density at radius 3 is 2.43 bits per heavy atom. The first kappa shape index (κ1) is 17.2. The van der Waals surface area contributed by atoms with Crippen molar-refractivity contribution in [2.45, 2.75) is 0 Å². The highest BCUT2D eigenvalue weighted by atomic mass is 35.5. The van der Waals surface area contributed by atoms with Gasteiger partial charge in [0, 0.05) is 14.1 Å². The number of halogens is 4. The molecule has 5 nitrogen and oxygen atoms in total. The molecule has 0 radical (unpaired) electrons. The number of carbonyl (C=O) groups is 1. The molecular formula is C14H11Cl2F2N3O2. The molecule has 0 fully saturated rings. The molecule has 0 atom stereocenters. The predicted molar refractivity (Wildman–Crippen MR) is 85.3 cm³/mol. The van der Waals surface area contributed by atoms with Crippen LogP contribution in [-0.2, 0) is 0 Å². The first-order valence-corrected chi connectivity index (χ1v) is 6.95. The van der Waals surface area contributed by atoms with Crippen LogP contribution >= 0.6 is 23.2 Å². The second-order valence-electron chi connectivity index (χ2n) is 4.84. The van der Waals surface area contributed by atoms with Crippen LogP contribution in [0.5, 0.6) is 0 Å². The summed E-state index contributed by atoms with van der Waals surface area (Å²) in [5.41, 5.74) is 3.96. The van der Waals surface area contributed by atoms with E-state index in [1.807, 2.05) is 0 Å². The Balaban J connectivity index is 2.82. The van der Waals surface area contributed by atoms with Crippen LogP contribution in [-0.4, -0.2) is 30.2 Å². The van der Waals surface area contributed by atoms with Crippen molar-refractivity contribution in [2.75, 3.05) is 24.7 Å². The third kappa shape index (κ3) is 3.02. The Labute approximate surface area is 140 Å². The van der Waals surface area contributed by atoms with Gasteiger partial charge in [-0.1, -0.05) is 23.2 Å². The highest BCUT2D eigenvalue weighted by molar-refractivity contribution is 6.35. The molecule has 0 aliphatic rings. The summed E-state index contributed by atoms with van der Waals surface area (Å²) in [6.45, 7) is 0. The SMILES string of the molecule is CN(C)c1c(Cl)cc(F)c(-c2cc(N)c(Cl)c(C(=O)O)n2)c1F. The van der Waals surface area contributed by atoms with Crippen molar-refractivity contribution in [1.29, 1.82) is 0 Å². The molecule has 3 N–H and O–H groups in total. The molecule has 0 saturated carbocycles. The van der Waals surface area contributed by atoms with Gasteiger partial charge in [-0.3, -0.25) is 0 Å². The van der Waals surface area contributed by atoms with E-state index in [2.05, 4.69) is 4.98 Å². The Kier molecular flexibility index (Phi) is 4.63. The number of benzene rings is 1. The van der Waals surface area contributed by atoms with Gasteiger partial charge in [0.05, 0.1) is 32.7 Å². The molecule has 122 valence electrons. The number of hydrogen-bond acceptors (Lipinski definition) is 4. The Morgan fingerprint density at radius 2 is 1.91 bits per heavy atom. The third-order valence-electron chi connectivity index (χ3n) is 3.04. The van der Waals surface area contributed by atoms with Crippen LogP contribution in [0.25, 0.3) is 11.3 Å². The van der Waals surface area contributed by atoms with Crippen molar-refractivity contribution in [3.05, 3.63) is 39.5 Å². The zero-order chi connectivity index (χ0) is 17.5. The lowest BCUT2D eigenvalue weighted by molar-refractivity contribution is 0.0691. The number of aromatic carboxylic acids is 1. The lowest BCUT2D eigenvalue weighted by atomic mass is 10.1. The predicted octanol–water partition coefficient (Wildman–Crippen LogP) is 3.68. The Hall–Kier alpha value is -2.12. The number of nitrogens with two attached hydrogens (primary N) is 1. The minimum Gasteiger partial charge on any atom is -0.476 e. The molecule has 23 heavy (non-hydrogen) atoms. The van der Waals surface area contributed by atoms with Crippen LogP contribution in [0.2, 0.25) is 10.0 Å². The van der Waals surface area contributed by atoms with Crippen LogP contribution in [0.1, 0.15) is 10.5 Å². The van der Waals surface area contributed by atoms with Crippen LogP contribution < -0.4 is 10.6 Å². The van der Waals surface area contributed by atoms with E-state index in [0.717, 1.165) is 12.1 Å². The van der Waals surface area contributed by atoms with Gasteiger partial charge < -0.3 is 15.7 Å². The molecule has 0 saturated heterocycles. The maximum Gasteiger partial charge on any atom is 0.356 e. The zero-order valence-electron chi connectivity index (χ0n) is 12.0. The fraction of sp³-hybridized carbons (Fsp3) is 0.143. The standard InChI is InChI=1S/C14H11Cl2F2N3O2/c1-21(2)13-5(15)3-6(17)9(11(13)18)8-4-7(19)10(16)12(20-8)14(22)23/h3-4H,1-2H3,(H2,19,20)(H,22,23). The molecule has 0 unspecified atom stereocenters. The molecule has 1 heterocycles. The van der Waals surface area contributed by atoms with Gasteiger partial charge in [0.15, 0.2) is 11.5 Å². The van der Waals surface area contributed by atoms with Gasteiger partial charge in [-0.25, -0.2) is 18.6 Å². The molecule has 0 amide bonds. The smallest absolute Gasteiger partial charge is 0.356 e. The van der Waals surface area contributed by atoms with E-state index in [1.165, 1.54) is 19.0 Å². The summed E-state index contributed by atoms with van der Waals surface area (Å²) in [7, 11) is 3.05. The topological polar surface area (TPSA) is 79.5 Å². The molecule has 1 aromatic heterocycles. The first-order chi connectivity index (χ1) is 10.6. The van der Waals surface area contributed by atoms with Crippen LogP contribution in [0, 0.1) is 11.6 Å². The zero-order valence-corrected chi connectivity index (χ0v) is 13.5. The maximum absolute atomic E-state index is 14.7. The summed E-state index contributed by atoms with van der Waals surface area (Å²) < 4.78 is 28.9. The summed E-state index contributed by atoms with van der Waals surface area (Å²) >= 11 is 11.6. The van der Waals surface area contributed by atoms with Crippen LogP contribution in [0.4, 0.5) is 20.2 Å². The lowest BCUT2D eigenvalue weighted by Crippen LogP contribution is -2.13. The van der Waals surface area contributed by atoms with Crippen molar-refractivity contribution >= 4 is 40.5 Å². The third-order valence-corrected chi connectivity index (χ3v) is 3.72. The van der Waals surface area contributed by atoms with Gasteiger partial charge in [-0.2, -0.15) is 0 Å². The second-order valence-corrected chi connectivity index (χ2v) is 5.62. The quantitative estimate of drug-likeness (QED) is 0.871. The molecule has 0 bridgehead atoms. The number of carboxylic acid groups (broad SMARTS) is 1. The molecule has 9 heteroatoms. The number of anilines is 2. The number of carboxylic acids is 1. The fourth-order valence-electron chi connectivity index (χ4n) is 2.04. The van der Waals surface area contributed by atoms with E-state index in [-0.39, 0.29) is 27.1 Å². The van der Waals surface area contributed by atoms with Gasteiger partial charge in [0.25, 0.3) is 0 Å². The summed E-state index contributed by atoms with van der Waals surface area (Å²) in [4.78, 5) is 16.2. The molecule has 2 aromatic rings. The average molecular weight is 362 g/mol. The van der Waals surface area contributed by atoms with Gasteiger partial charge in [-0.15, -0.1) is 0 Å². The molecule has 0 aliphatic heterocycles. The van der Waals surface area contributed by atoms with E-state index in [0.29, 0.717) is 0 Å². The average Bonchev–Trinajstić information content (AvgIpc) is 2.40. The van der Waals surface area contributed by atoms with Gasteiger partial charge >= 0.3 is 5.97 Å². The van der Waals surface area contributed by atoms with E-state index in [1.54, 1.807) is 0 Å². The van der Waals surface area contributed by atoms with E-state index in [4.69, 9.17) is 34.0 Å². The molecule has 1 aromatic carbocycles. The van der Waals surface area contributed by atoms with E-state index in [9.17, 15) is 13.6 Å².